The van der Waals surface area contributed by atoms with E-state index < -0.39 is 11.9 Å². The van der Waals surface area contributed by atoms with Crippen molar-refractivity contribution >= 4 is 23.2 Å². The van der Waals surface area contributed by atoms with E-state index in [1.165, 1.54) is 0 Å². The Labute approximate surface area is 110 Å². The molecule has 0 saturated carbocycles. The molecule has 0 aromatic carbocycles. The first-order valence-electron chi connectivity index (χ1n) is 5.70. The van der Waals surface area contributed by atoms with Gasteiger partial charge in [0.1, 0.15) is 0 Å². The zero-order chi connectivity index (χ0) is 12.3. The molecule has 1 saturated heterocycles. The minimum absolute atomic E-state index is 0. The summed E-state index contributed by atoms with van der Waals surface area (Å²) in [6.07, 6.45) is 1.86. The van der Waals surface area contributed by atoms with Gasteiger partial charge >= 0.3 is 5.97 Å². The molecule has 1 unspecified atom stereocenters. The molecule has 1 fully saturated rings. The molecular formula is C12H18N2O3S. The first-order valence-corrected chi connectivity index (χ1v) is 6.58. The van der Waals surface area contributed by atoms with E-state index >= 15 is 0 Å². The molecule has 100 valence electrons. The summed E-state index contributed by atoms with van der Waals surface area (Å²) >= 11 is 1.56. The Balaban J connectivity index is 0.00000162. The van der Waals surface area contributed by atoms with Crippen molar-refractivity contribution in [1.82, 2.24) is 11.1 Å². The number of carbonyl (C=O) groups excluding carboxylic acids is 1. The fourth-order valence-electron chi connectivity index (χ4n) is 2.08. The topological polar surface area (TPSA) is 92.6 Å². The molecule has 1 aromatic rings. The highest BCUT2D eigenvalue weighted by Crippen LogP contribution is 2.18. The van der Waals surface area contributed by atoms with Gasteiger partial charge in [-0.1, -0.05) is 6.07 Å². The van der Waals surface area contributed by atoms with Crippen LogP contribution >= 0.6 is 11.3 Å². The third-order valence-corrected chi connectivity index (χ3v) is 3.91. The number of thiophene rings is 1. The largest absolute Gasteiger partial charge is 0.481 e. The van der Waals surface area contributed by atoms with E-state index in [0.717, 1.165) is 11.3 Å². The zero-order valence-corrected chi connectivity index (χ0v) is 11.0. The van der Waals surface area contributed by atoms with E-state index in [-0.39, 0.29) is 12.1 Å². The average Bonchev–Trinajstić information content (AvgIpc) is 2.82. The van der Waals surface area contributed by atoms with Crippen LogP contribution in [0, 0.1) is 5.92 Å². The van der Waals surface area contributed by atoms with Crippen LogP contribution in [0.15, 0.2) is 17.5 Å². The van der Waals surface area contributed by atoms with Crippen molar-refractivity contribution in [2.75, 3.05) is 13.1 Å². The molecule has 0 spiro atoms. The van der Waals surface area contributed by atoms with E-state index in [9.17, 15) is 9.59 Å². The minimum atomic E-state index is -0.793. The van der Waals surface area contributed by atoms with Gasteiger partial charge in [0.2, 0.25) is 5.91 Å². The quantitative estimate of drug-likeness (QED) is 0.875. The van der Waals surface area contributed by atoms with Crippen LogP contribution in [0.2, 0.25) is 0 Å². The molecule has 1 atom stereocenters. The van der Waals surface area contributed by atoms with Gasteiger partial charge in [-0.05, 0) is 24.3 Å². The second kappa shape index (κ2) is 6.51. The maximum absolute atomic E-state index is 12.0. The first kappa shape index (κ1) is 14.7. The minimum Gasteiger partial charge on any atom is -0.481 e. The molecule has 1 amide bonds. The smallest absolute Gasteiger partial charge is 0.308 e. The van der Waals surface area contributed by atoms with Crippen molar-refractivity contribution in [3.63, 3.8) is 0 Å². The zero-order valence-electron chi connectivity index (χ0n) is 10.2. The number of piperidine rings is 1. The Hall–Kier alpha value is -1.40. The Morgan fingerprint density at radius 3 is 2.89 bits per heavy atom. The van der Waals surface area contributed by atoms with Crippen molar-refractivity contribution in [1.29, 1.82) is 0 Å². The summed E-state index contributed by atoms with van der Waals surface area (Å²) in [5.41, 5.74) is 0. The molecule has 1 aromatic heterocycles. The maximum Gasteiger partial charge on any atom is 0.308 e. The summed E-state index contributed by atoms with van der Waals surface area (Å²) in [5, 5.41) is 10.9. The Morgan fingerprint density at radius 1 is 1.50 bits per heavy atom. The van der Waals surface area contributed by atoms with Crippen molar-refractivity contribution in [2.24, 2.45) is 5.92 Å². The third-order valence-electron chi connectivity index (χ3n) is 3.03. The maximum atomic E-state index is 12.0. The van der Waals surface area contributed by atoms with Crippen LogP contribution in [-0.2, 0) is 16.0 Å². The molecule has 6 heteroatoms. The molecule has 4 N–H and O–H groups in total. The number of aliphatic carboxylic acids is 1. The van der Waals surface area contributed by atoms with Gasteiger partial charge in [-0.15, -0.1) is 11.3 Å². The highest BCUT2D eigenvalue weighted by Gasteiger charge is 2.27. The average molecular weight is 270 g/mol. The molecule has 1 aliphatic heterocycles. The summed E-state index contributed by atoms with van der Waals surface area (Å²) in [5.74, 6) is -1.15. The van der Waals surface area contributed by atoms with Crippen LogP contribution in [0.25, 0.3) is 0 Å². The fourth-order valence-corrected chi connectivity index (χ4v) is 2.78. The highest BCUT2D eigenvalue weighted by atomic mass is 32.1. The molecule has 2 rings (SSSR count). The molecule has 0 bridgehead atoms. The number of nitrogens with zero attached hydrogens (tertiary/aromatic N) is 1. The van der Waals surface area contributed by atoms with Crippen molar-refractivity contribution < 1.29 is 14.7 Å². The first-order chi connectivity index (χ1) is 8.16. The van der Waals surface area contributed by atoms with Crippen molar-refractivity contribution in [3.8, 4) is 0 Å². The molecule has 0 radical (unpaired) electrons. The van der Waals surface area contributed by atoms with Gasteiger partial charge < -0.3 is 16.2 Å². The lowest BCUT2D eigenvalue weighted by molar-refractivity contribution is -0.145. The predicted molar refractivity (Wildman–Crippen MR) is 70.0 cm³/mol. The second-order valence-electron chi connectivity index (χ2n) is 4.27. The molecular weight excluding hydrogens is 252 g/mol. The van der Waals surface area contributed by atoms with Crippen LogP contribution in [0.5, 0.6) is 0 Å². The van der Waals surface area contributed by atoms with Crippen LogP contribution in [-0.4, -0.2) is 35.0 Å². The van der Waals surface area contributed by atoms with Crippen molar-refractivity contribution in [2.45, 2.75) is 19.3 Å². The van der Waals surface area contributed by atoms with Gasteiger partial charge in [-0.25, -0.2) is 0 Å². The van der Waals surface area contributed by atoms with Gasteiger partial charge in [0.25, 0.3) is 0 Å². The lowest BCUT2D eigenvalue weighted by atomic mass is 9.98. The van der Waals surface area contributed by atoms with E-state index in [0.29, 0.717) is 25.9 Å². The number of hydrogen-bond donors (Lipinski definition) is 2. The van der Waals surface area contributed by atoms with E-state index in [4.69, 9.17) is 5.11 Å². The molecule has 2 heterocycles. The van der Waals surface area contributed by atoms with Crippen LogP contribution in [0.1, 0.15) is 17.7 Å². The number of carboxylic acid groups (broad SMARTS) is 1. The van der Waals surface area contributed by atoms with E-state index in [1.54, 1.807) is 16.2 Å². The molecule has 0 aliphatic carbocycles. The van der Waals surface area contributed by atoms with E-state index in [2.05, 4.69) is 0 Å². The third kappa shape index (κ3) is 3.54. The fraction of sp³-hybridized carbons (Fsp3) is 0.500. The Morgan fingerprint density at radius 2 is 2.28 bits per heavy atom. The van der Waals surface area contributed by atoms with Gasteiger partial charge in [-0.2, -0.15) is 0 Å². The Kier molecular flexibility index (Phi) is 5.30. The van der Waals surface area contributed by atoms with Crippen LogP contribution in [0.4, 0.5) is 0 Å². The van der Waals surface area contributed by atoms with Crippen LogP contribution < -0.4 is 6.15 Å². The number of amides is 1. The number of likely N-dealkylation sites (tertiary alicyclic amines) is 1. The lowest BCUT2D eigenvalue weighted by Crippen LogP contribution is -2.42. The van der Waals surface area contributed by atoms with Crippen molar-refractivity contribution in [3.05, 3.63) is 22.4 Å². The van der Waals surface area contributed by atoms with Gasteiger partial charge in [0, 0.05) is 18.0 Å². The summed E-state index contributed by atoms with van der Waals surface area (Å²) in [7, 11) is 0. The highest BCUT2D eigenvalue weighted by molar-refractivity contribution is 7.10. The molecule has 1 aliphatic rings. The van der Waals surface area contributed by atoms with E-state index in [1.807, 2.05) is 17.5 Å². The predicted octanol–water partition coefficient (Wildman–Crippen LogP) is 1.78. The molecule has 5 nitrogen and oxygen atoms in total. The normalized spacial score (nSPS) is 19.1. The standard InChI is InChI=1S/C12H15NO3S.H3N/c14-11(7-10-4-2-6-17-10)13-5-1-3-9(8-13)12(15)16;/h2,4,6,9H,1,3,5,7-8H2,(H,15,16);1H3. The summed E-state index contributed by atoms with van der Waals surface area (Å²) in [6, 6.07) is 3.85. The number of hydrogen-bond acceptors (Lipinski definition) is 4. The van der Waals surface area contributed by atoms with Crippen LogP contribution in [0.3, 0.4) is 0 Å². The number of carboxylic acids is 1. The summed E-state index contributed by atoms with van der Waals surface area (Å²) < 4.78 is 0. The number of rotatable bonds is 3. The SMILES string of the molecule is N.O=C(O)C1CCCN(C(=O)Cc2cccs2)C1. The number of carbonyl (C=O) groups is 2. The second-order valence-corrected chi connectivity index (χ2v) is 5.31. The summed E-state index contributed by atoms with van der Waals surface area (Å²) in [6.45, 7) is 1.05. The summed E-state index contributed by atoms with van der Waals surface area (Å²) in [4.78, 5) is 25.6. The lowest BCUT2D eigenvalue weighted by Gasteiger charge is -2.30. The van der Waals surface area contributed by atoms with Gasteiger partial charge in [0.05, 0.1) is 12.3 Å². The van der Waals surface area contributed by atoms with Gasteiger partial charge in [-0.3, -0.25) is 9.59 Å². The van der Waals surface area contributed by atoms with Gasteiger partial charge in [0.15, 0.2) is 0 Å². The monoisotopic (exact) mass is 270 g/mol. The Bertz CT molecular complexity index is 405. The molecule has 18 heavy (non-hydrogen) atoms.